The lowest BCUT2D eigenvalue weighted by Gasteiger charge is -2.39. The van der Waals surface area contributed by atoms with E-state index in [9.17, 15) is 14.9 Å². The molecular formula is C23H28N4O4. The van der Waals surface area contributed by atoms with Crippen molar-refractivity contribution in [2.75, 3.05) is 12.3 Å². The Bertz CT molecular complexity index is 952. The SMILES string of the molecule is CCOC(=O)c1cnc(N)c([N+](=O)[O-])c1CC1CC2CC[C@@H](C1)N2Cc1ccccc1. The van der Waals surface area contributed by atoms with Crippen LogP contribution in [0.4, 0.5) is 11.5 Å². The molecule has 2 aromatic rings. The summed E-state index contributed by atoms with van der Waals surface area (Å²) in [6.07, 6.45) is 5.92. The molecule has 2 aliphatic heterocycles. The van der Waals surface area contributed by atoms with E-state index >= 15 is 0 Å². The van der Waals surface area contributed by atoms with Crippen LogP contribution in [0.2, 0.25) is 0 Å². The zero-order chi connectivity index (χ0) is 22.0. The predicted molar refractivity (Wildman–Crippen MR) is 116 cm³/mol. The second-order valence-electron chi connectivity index (χ2n) is 8.45. The van der Waals surface area contributed by atoms with Gasteiger partial charge in [-0.15, -0.1) is 0 Å². The second kappa shape index (κ2) is 9.01. The highest BCUT2D eigenvalue weighted by molar-refractivity contribution is 5.92. The minimum absolute atomic E-state index is 0.154. The largest absolute Gasteiger partial charge is 0.462 e. The smallest absolute Gasteiger partial charge is 0.340 e. The molecule has 31 heavy (non-hydrogen) atoms. The zero-order valence-corrected chi connectivity index (χ0v) is 17.7. The van der Waals surface area contributed by atoms with Crippen LogP contribution in [0.3, 0.4) is 0 Å². The molecule has 2 saturated heterocycles. The summed E-state index contributed by atoms with van der Waals surface area (Å²) in [5, 5.41) is 11.7. The summed E-state index contributed by atoms with van der Waals surface area (Å²) in [5.74, 6) is -0.492. The molecule has 8 nitrogen and oxygen atoms in total. The van der Waals surface area contributed by atoms with Gasteiger partial charge in [0.25, 0.3) is 0 Å². The van der Waals surface area contributed by atoms with Crippen molar-refractivity contribution in [2.24, 2.45) is 5.92 Å². The van der Waals surface area contributed by atoms with Crippen LogP contribution >= 0.6 is 0 Å². The molecule has 0 saturated carbocycles. The van der Waals surface area contributed by atoms with Crippen LogP contribution in [0.25, 0.3) is 0 Å². The van der Waals surface area contributed by atoms with Crippen molar-refractivity contribution in [3.05, 3.63) is 63.3 Å². The third-order valence-electron chi connectivity index (χ3n) is 6.55. The highest BCUT2D eigenvalue weighted by atomic mass is 16.6. The van der Waals surface area contributed by atoms with Crippen LogP contribution in [0.5, 0.6) is 0 Å². The Kier molecular flexibility index (Phi) is 6.18. The molecule has 0 aliphatic carbocycles. The van der Waals surface area contributed by atoms with Crippen LogP contribution in [0.1, 0.15) is 54.1 Å². The Morgan fingerprint density at radius 3 is 2.55 bits per heavy atom. The molecule has 2 unspecified atom stereocenters. The Morgan fingerprint density at radius 1 is 1.26 bits per heavy atom. The predicted octanol–water partition coefficient (Wildman–Crippen LogP) is 3.73. The maximum Gasteiger partial charge on any atom is 0.340 e. The van der Waals surface area contributed by atoms with E-state index in [1.165, 1.54) is 11.8 Å². The first-order valence-electron chi connectivity index (χ1n) is 10.9. The standard InChI is InChI=1S/C23H28N4O4/c1-2-31-23(28)20-13-25-22(24)21(27(29)30)19(20)12-16-10-17-8-9-18(11-16)26(17)14-15-6-4-3-5-7-15/h3-7,13,16-18H,2,8-12,14H2,1H3,(H2,24,25)/t16?,17-,18?/m0/s1. The summed E-state index contributed by atoms with van der Waals surface area (Å²) in [5.41, 5.74) is 7.39. The van der Waals surface area contributed by atoms with Gasteiger partial charge in [0, 0.05) is 24.8 Å². The average molecular weight is 425 g/mol. The Hall–Kier alpha value is -3.00. The van der Waals surface area contributed by atoms with Crippen LogP contribution in [0.15, 0.2) is 36.5 Å². The number of carbonyl (C=O) groups excluding carboxylic acids is 1. The number of fused-ring (bicyclic) bond motifs is 2. The third kappa shape index (κ3) is 4.39. The molecule has 0 amide bonds. The monoisotopic (exact) mass is 424 g/mol. The highest BCUT2D eigenvalue weighted by Crippen LogP contribution is 2.42. The Balaban J connectivity index is 1.56. The number of esters is 1. The van der Waals surface area contributed by atoms with Gasteiger partial charge in [-0.25, -0.2) is 9.78 Å². The molecule has 164 valence electrons. The normalized spacial score (nSPS) is 22.9. The minimum Gasteiger partial charge on any atom is -0.462 e. The number of pyridine rings is 1. The molecule has 2 bridgehead atoms. The lowest BCUT2D eigenvalue weighted by Crippen LogP contribution is -2.42. The van der Waals surface area contributed by atoms with E-state index < -0.39 is 10.9 Å². The van der Waals surface area contributed by atoms with E-state index in [1.54, 1.807) is 6.92 Å². The molecule has 2 aliphatic rings. The van der Waals surface area contributed by atoms with Crippen molar-refractivity contribution < 1.29 is 14.5 Å². The van der Waals surface area contributed by atoms with Gasteiger partial charge in [0.1, 0.15) is 0 Å². The van der Waals surface area contributed by atoms with Gasteiger partial charge >= 0.3 is 11.7 Å². The maximum atomic E-state index is 12.5. The number of carbonyl (C=O) groups is 1. The highest BCUT2D eigenvalue weighted by Gasteiger charge is 2.41. The number of nitrogens with two attached hydrogens (primary N) is 1. The van der Waals surface area contributed by atoms with Crippen LogP contribution in [-0.2, 0) is 17.7 Å². The number of rotatable bonds is 7. The number of nitro groups is 1. The van der Waals surface area contributed by atoms with Gasteiger partial charge in [-0.3, -0.25) is 15.0 Å². The molecular weight excluding hydrogens is 396 g/mol. The lowest BCUT2D eigenvalue weighted by atomic mass is 9.84. The van der Waals surface area contributed by atoms with Crippen LogP contribution in [0, 0.1) is 16.0 Å². The van der Waals surface area contributed by atoms with Crippen molar-refractivity contribution in [2.45, 2.75) is 57.7 Å². The van der Waals surface area contributed by atoms with Crippen molar-refractivity contribution in [3.8, 4) is 0 Å². The van der Waals surface area contributed by atoms with Crippen molar-refractivity contribution >= 4 is 17.5 Å². The van der Waals surface area contributed by atoms with Gasteiger partial charge in [0.2, 0.25) is 5.82 Å². The number of nitrogen functional groups attached to an aromatic ring is 1. The third-order valence-corrected chi connectivity index (χ3v) is 6.55. The number of anilines is 1. The van der Waals surface area contributed by atoms with E-state index in [4.69, 9.17) is 10.5 Å². The zero-order valence-electron chi connectivity index (χ0n) is 17.7. The van der Waals surface area contributed by atoms with Gasteiger partial charge in [-0.2, -0.15) is 0 Å². The van der Waals surface area contributed by atoms with Gasteiger partial charge in [-0.1, -0.05) is 30.3 Å². The number of hydrogen-bond donors (Lipinski definition) is 1. The topological polar surface area (TPSA) is 112 Å². The number of aromatic nitrogens is 1. The quantitative estimate of drug-likeness (QED) is 0.409. The molecule has 1 aromatic carbocycles. The molecule has 8 heteroatoms. The maximum absolute atomic E-state index is 12.5. The Labute approximate surface area is 181 Å². The second-order valence-corrected chi connectivity index (χ2v) is 8.45. The first kappa shape index (κ1) is 21.2. The summed E-state index contributed by atoms with van der Waals surface area (Å²) >= 11 is 0. The number of ether oxygens (including phenoxy) is 1. The van der Waals surface area contributed by atoms with Gasteiger partial charge < -0.3 is 10.5 Å². The molecule has 3 atom stereocenters. The first-order chi connectivity index (χ1) is 15.0. The number of piperidine rings is 1. The lowest BCUT2D eigenvalue weighted by molar-refractivity contribution is -0.384. The van der Waals surface area contributed by atoms with E-state index in [-0.39, 0.29) is 29.6 Å². The van der Waals surface area contributed by atoms with E-state index in [0.29, 0.717) is 24.1 Å². The first-order valence-corrected chi connectivity index (χ1v) is 10.9. The fraction of sp³-hybridized carbons (Fsp3) is 0.478. The Morgan fingerprint density at radius 2 is 1.94 bits per heavy atom. The molecule has 0 spiro atoms. The van der Waals surface area contributed by atoms with Gasteiger partial charge in [0.15, 0.2) is 0 Å². The van der Waals surface area contributed by atoms with E-state index in [2.05, 4.69) is 34.1 Å². The number of hydrogen-bond acceptors (Lipinski definition) is 7. The average Bonchev–Trinajstić information content (AvgIpc) is 2.97. The number of benzene rings is 1. The fourth-order valence-electron chi connectivity index (χ4n) is 5.25. The summed E-state index contributed by atoms with van der Waals surface area (Å²) in [4.78, 5) is 30.1. The van der Waals surface area contributed by atoms with E-state index in [1.807, 2.05) is 6.07 Å². The number of nitrogens with zero attached hydrogens (tertiary/aromatic N) is 3. The van der Waals surface area contributed by atoms with Crippen molar-refractivity contribution in [3.63, 3.8) is 0 Å². The summed E-state index contributed by atoms with van der Waals surface area (Å²) in [7, 11) is 0. The summed E-state index contributed by atoms with van der Waals surface area (Å²) < 4.78 is 5.12. The fourth-order valence-corrected chi connectivity index (χ4v) is 5.25. The van der Waals surface area contributed by atoms with Crippen LogP contribution in [-0.4, -0.2) is 39.5 Å². The van der Waals surface area contributed by atoms with Crippen LogP contribution < -0.4 is 5.73 Å². The molecule has 0 radical (unpaired) electrons. The minimum atomic E-state index is -0.586. The van der Waals surface area contributed by atoms with Crippen molar-refractivity contribution in [1.82, 2.24) is 9.88 Å². The molecule has 2 fully saturated rings. The molecule has 2 N–H and O–H groups in total. The van der Waals surface area contributed by atoms with Crippen molar-refractivity contribution in [1.29, 1.82) is 0 Å². The van der Waals surface area contributed by atoms with E-state index in [0.717, 1.165) is 32.2 Å². The van der Waals surface area contributed by atoms with Gasteiger partial charge in [0.05, 0.1) is 22.7 Å². The summed E-state index contributed by atoms with van der Waals surface area (Å²) in [6, 6.07) is 11.4. The summed E-state index contributed by atoms with van der Waals surface area (Å²) in [6.45, 7) is 2.83. The molecule has 1 aromatic heterocycles. The van der Waals surface area contributed by atoms with Gasteiger partial charge in [-0.05, 0) is 50.5 Å². The molecule has 4 rings (SSSR count). The molecule has 3 heterocycles.